The number of aryl methyl sites for hydroxylation is 1. The zero-order chi connectivity index (χ0) is 12.3. The molecular weight excluding hydrogens is 218 g/mol. The quantitative estimate of drug-likeness (QED) is 0.834. The fourth-order valence-corrected chi connectivity index (χ4v) is 1.55. The van der Waals surface area contributed by atoms with Gasteiger partial charge in [-0.25, -0.2) is 0 Å². The van der Waals surface area contributed by atoms with Crippen LogP contribution < -0.4 is 5.73 Å². The van der Waals surface area contributed by atoms with Gasteiger partial charge in [0.2, 0.25) is 5.82 Å². The van der Waals surface area contributed by atoms with E-state index in [0.717, 1.165) is 11.1 Å². The zero-order valence-corrected chi connectivity index (χ0v) is 9.63. The van der Waals surface area contributed by atoms with Crippen LogP contribution in [0.1, 0.15) is 24.0 Å². The van der Waals surface area contributed by atoms with Crippen LogP contribution in [0.25, 0.3) is 11.4 Å². The molecule has 1 unspecified atom stereocenters. The van der Waals surface area contributed by atoms with Crippen molar-refractivity contribution in [2.24, 2.45) is 5.73 Å². The number of hydrogen-bond donors (Lipinski definition) is 2. The minimum atomic E-state index is -0.786. The van der Waals surface area contributed by atoms with Gasteiger partial charge in [-0.3, -0.25) is 0 Å². The normalized spacial score (nSPS) is 12.6. The van der Waals surface area contributed by atoms with Crippen molar-refractivity contribution in [3.8, 4) is 11.4 Å². The summed E-state index contributed by atoms with van der Waals surface area (Å²) in [5, 5.41) is 13.5. The molecule has 1 heterocycles. The molecule has 0 aliphatic rings. The van der Waals surface area contributed by atoms with Gasteiger partial charge in [-0.1, -0.05) is 28.9 Å². The summed E-state index contributed by atoms with van der Waals surface area (Å²) in [6.07, 6.45) is -0.374. The van der Waals surface area contributed by atoms with Crippen LogP contribution in [-0.2, 0) is 0 Å². The molecule has 0 spiro atoms. The Balaban J connectivity index is 2.23. The number of nitrogens with zero attached hydrogens (tertiary/aromatic N) is 2. The fraction of sp³-hybridized carbons (Fsp3) is 0.333. The molecular formula is C12H15N3O2. The van der Waals surface area contributed by atoms with Gasteiger partial charge in [0, 0.05) is 5.56 Å². The summed E-state index contributed by atoms with van der Waals surface area (Å²) in [5.74, 6) is 0.701. The molecule has 90 valence electrons. The first kappa shape index (κ1) is 11.8. The molecule has 0 saturated carbocycles. The second kappa shape index (κ2) is 5.07. The summed E-state index contributed by atoms with van der Waals surface area (Å²) in [6, 6.07) is 7.78. The average Bonchev–Trinajstić information content (AvgIpc) is 2.78. The van der Waals surface area contributed by atoms with E-state index < -0.39 is 6.10 Å². The van der Waals surface area contributed by atoms with Crippen LogP contribution >= 0.6 is 0 Å². The smallest absolute Gasteiger partial charge is 0.255 e. The molecule has 1 atom stereocenters. The zero-order valence-electron chi connectivity index (χ0n) is 9.63. The van der Waals surface area contributed by atoms with Crippen molar-refractivity contribution in [1.82, 2.24) is 10.1 Å². The standard InChI is InChI=1S/C12H15N3O2/c1-8-3-2-4-9(7-8)11-14-12(17-15-11)10(16)5-6-13/h2-4,7,10,16H,5-6,13H2,1H3. The molecule has 0 amide bonds. The van der Waals surface area contributed by atoms with Crippen molar-refractivity contribution in [3.63, 3.8) is 0 Å². The summed E-state index contributed by atoms with van der Waals surface area (Å²) in [4.78, 5) is 4.16. The van der Waals surface area contributed by atoms with Crippen LogP contribution in [0.3, 0.4) is 0 Å². The second-order valence-corrected chi connectivity index (χ2v) is 3.92. The third kappa shape index (κ3) is 2.69. The largest absolute Gasteiger partial charge is 0.383 e. The minimum Gasteiger partial charge on any atom is -0.383 e. The minimum absolute atomic E-state index is 0.215. The monoisotopic (exact) mass is 233 g/mol. The lowest BCUT2D eigenvalue weighted by Gasteiger charge is -2.01. The SMILES string of the molecule is Cc1cccc(-c2noc(C(O)CCN)n2)c1. The van der Waals surface area contributed by atoms with Crippen LogP contribution in [0, 0.1) is 6.92 Å². The molecule has 0 radical (unpaired) electrons. The summed E-state index contributed by atoms with van der Waals surface area (Å²) in [7, 11) is 0. The van der Waals surface area contributed by atoms with Gasteiger partial charge >= 0.3 is 0 Å². The molecule has 2 rings (SSSR count). The number of nitrogens with two attached hydrogens (primary N) is 1. The van der Waals surface area contributed by atoms with E-state index in [9.17, 15) is 5.11 Å². The fourth-order valence-electron chi connectivity index (χ4n) is 1.55. The first-order valence-corrected chi connectivity index (χ1v) is 5.49. The van der Waals surface area contributed by atoms with E-state index in [0.29, 0.717) is 18.8 Å². The van der Waals surface area contributed by atoms with Crippen LogP contribution in [-0.4, -0.2) is 21.8 Å². The first-order chi connectivity index (χ1) is 8.20. The van der Waals surface area contributed by atoms with Gasteiger partial charge in [0.25, 0.3) is 5.89 Å². The number of hydrogen-bond acceptors (Lipinski definition) is 5. The highest BCUT2D eigenvalue weighted by atomic mass is 16.5. The Kier molecular flexibility index (Phi) is 3.51. The highest BCUT2D eigenvalue weighted by Gasteiger charge is 2.15. The molecule has 0 saturated heterocycles. The molecule has 0 aliphatic carbocycles. The molecule has 1 aromatic carbocycles. The van der Waals surface area contributed by atoms with E-state index in [4.69, 9.17) is 10.3 Å². The average molecular weight is 233 g/mol. The summed E-state index contributed by atoms with van der Waals surface area (Å²) < 4.78 is 5.01. The van der Waals surface area contributed by atoms with Crippen LogP contribution in [0.15, 0.2) is 28.8 Å². The van der Waals surface area contributed by atoms with Gasteiger partial charge in [0.05, 0.1) is 0 Å². The number of aliphatic hydroxyl groups excluding tert-OH is 1. The lowest BCUT2D eigenvalue weighted by molar-refractivity contribution is 0.127. The Morgan fingerprint density at radius 1 is 1.47 bits per heavy atom. The van der Waals surface area contributed by atoms with E-state index in [-0.39, 0.29) is 5.89 Å². The van der Waals surface area contributed by atoms with Crippen molar-refractivity contribution in [2.45, 2.75) is 19.4 Å². The van der Waals surface area contributed by atoms with Crippen molar-refractivity contribution in [3.05, 3.63) is 35.7 Å². The van der Waals surface area contributed by atoms with Gasteiger partial charge in [0.1, 0.15) is 6.10 Å². The molecule has 17 heavy (non-hydrogen) atoms. The Labute approximate surface area is 99.3 Å². The maximum Gasteiger partial charge on any atom is 0.255 e. The van der Waals surface area contributed by atoms with Gasteiger partial charge < -0.3 is 15.4 Å². The predicted octanol–water partition coefficient (Wildman–Crippen LogP) is 1.43. The van der Waals surface area contributed by atoms with Crippen LogP contribution in [0.5, 0.6) is 0 Å². The molecule has 5 nitrogen and oxygen atoms in total. The van der Waals surface area contributed by atoms with Crippen LogP contribution in [0.4, 0.5) is 0 Å². The number of benzene rings is 1. The summed E-state index contributed by atoms with van der Waals surface area (Å²) >= 11 is 0. The van der Waals surface area contributed by atoms with Crippen molar-refractivity contribution in [1.29, 1.82) is 0 Å². The maximum atomic E-state index is 9.66. The Morgan fingerprint density at radius 3 is 3.00 bits per heavy atom. The number of aliphatic hydroxyl groups is 1. The van der Waals surface area contributed by atoms with Gasteiger partial charge in [0.15, 0.2) is 0 Å². The molecule has 2 aromatic rings. The molecule has 3 N–H and O–H groups in total. The van der Waals surface area contributed by atoms with E-state index in [1.54, 1.807) is 0 Å². The van der Waals surface area contributed by atoms with Gasteiger partial charge in [-0.15, -0.1) is 0 Å². The highest BCUT2D eigenvalue weighted by Crippen LogP contribution is 2.20. The van der Waals surface area contributed by atoms with Gasteiger partial charge in [-0.2, -0.15) is 4.98 Å². The number of aromatic nitrogens is 2. The second-order valence-electron chi connectivity index (χ2n) is 3.92. The lowest BCUT2D eigenvalue weighted by Crippen LogP contribution is -2.06. The highest BCUT2D eigenvalue weighted by molar-refractivity contribution is 5.55. The Bertz CT molecular complexity index is 496. The topological polar surface area (TPSA) is 85.2 Å². The third-order valence-electron chi connectivity index (χ3n) is 2.44. The van der Waals surface area contributed by atoms with Crippen molar-refractivity contribution in [2.75, 3.05) is 6.54 Å². The predicted molar refractivity (Wildman–Crippen MR) is 63.1 cm³/mol. The Hall–Kier alpha value is -1.72. The van der Waals surface area contributed by atoms with Crippen molar-refractivity contribution >= 4 is 0 Å². The van der Waals surface area contributed by atoms with E-state index in [1.165, 1.54) is 0 Å². The molecule has 1 aromatic heterocycles. The molecule has 0 bridgehead atoms. The van der Waals surface area contributed by atoms with Gasteiger partial charge in [-0.05, 0) is 26.0 Å². The van der Waals surface area contributed by atoms with E-state index in [2.05, 4.69) is 10.1 Å². The first-order valence-electron chi connectivity index (χ1n) is 5.49. The molecule has 5 heteroatoms. The maximum absolute atomic E-state index is 9.66. The molecule has 0 fully saturated rings. The summed E-state index contributed by atoms with van der Waals surface area (Å²) in [5.41, 5.74) is 7.35. The summed E-state index contributed by atoms with van der Waals surface area (Å²) in [6.45, 7) is 2.37. The number of rotatable bonds is 4. The van der Waals surface area contributed by atoms with E-state index in [1.807, 2.05) is 31.2 Å². The van der Waals surface area contributed by atoms with E-state index >= 15 is 0 Å². The van der Waals surface area contributed by atoms with Crippen molar-refractivity contribution < 1.29 is 9.63 Å². The third-order valence-corrected chi connectivity index (χ3v) is 2.44. The van der Waals surface area contributed by atoms with Crippen LogP contribution in [0.2, 0.25) is 0 Å². The Morgan fingerprint density at radius 2 is 2.29 bits per heavy atom. The molecule has 0 aliphatic heterocycles. The lowest BCUT2D eigenvalue weighted by atomic mass is 10.1.